The molecule has 1 aromatic carbocycles. The van der Waals surface area contributed by atoms with E-state index >= 15 is 0 Å². The lowest BCUT2D eigenvalue weighted by atomic mass is 10.2. The molecule has 0 saturated heterocycles. The van der Waals surface area contributed by atoms with Crippen LogP contribution < -0.4 is 9.47 Å². The fourth-order valence-electron chi connectivity index (χ4n) is 1.39. The summed E-state index contributed by atoms with van der Waals surface area (Å²) >= 11 is 1.55. The summed E-state index contributed by atoms with van der Waals surface area (Å²) in [4.78, 5) is 5.03. The van der Waals surface area contributed by atoms with Crippen LogP contribution >= 0.6 is 11.3 Å². The first-order valence-electron chi connectivity index (χ1n) is 5.11. The van der Waals surface area contributed by atoms with E-state index in [1.165, 1.54) is 0 Å². The van der Waals surface area contributed by atoms with Crippen molar-refractivity contribution >= 4 is 11.3 Å². The number of thiazole rings is 1. The summed E-state index contributed by atoms with van der Waals surface area (Å²) in [6.07, 6.45) is 1.78. The van der Waals surface area contributed by atoms with Gasteiger partial charge in [-0.1, -0.05) is 6.07 Å². The highest BCUT2D eigenvalue weighted by Gasteiger charge is 2.06. The Hall–Kier alpha value is -1.59. The number of nitrogens with zero attached hydrogens (tertiary/aromatic N) is 1. The van der Waals surface area contributed by atoms with Crippen LogP contribution in [0.4, 0.5) is 0 Å². The molecule has 0 bridgehead atoms. The van der Waals surface area contributed by atoms with Crippen molar-refractivity contribution in [3.63, 3.8) is 0 Å². The van der Waals surface area contributed by atoms with E-state index in [0.717, 1.165) is 10.4 Å². The van der Waals surface area contributed by atoms with Gasteiger partial charge in [0, 0.05) is 6.20 Å². The minimum absolute atomic E-state index is 0.00845. The zero-order valence-electron chi connectivity index (χ0n) is 9.42. The van der Waals surface area contributed by atoms with Gasteiger partial charge < -0.3 is 14.6 Å². The minimum Gasteiger partial charge on any atom is -0.493 e. The Labute approximate surface area is 103 Å². The number of aliphatic hydroxyl groups is 1. The highest BCUT2D eigenvalue weighted by Crippen LogP contribution is 2.29. The molecule has 1 N–H and O–H groups in total. The third kappa shape index (κ3) is 2.95. The van der Waals surface area contributed by atoms with Crippen molar-refractivity contribution in [3.8, 4) is 11.5 Å². The van der Waals surface area contributed by atoms with Gasteiger partial charge in [0.1, 0.15) is 6.61 Å². The molecular weight excluding hydrogens is 238 g/mol. The zero-order chi connectivity index (χ0) is 12.1. The normalized spacial score (nSPS) is 10.2. The molecule has 0 saturated carbocycles. The second kappa shape index (κ2) is 5.65. The smallest absolute Gasteiger partial charge is 0.161 e. The highest BCUT2D eigenvalue weighted by molar-refractivity contribution is 7.09. The van der Waals surface area contributed by atoms with Crippen LogP contribution in [0, 0.1) is 0 Å². The molecular formula is C12H13NO3S. The van der Waals surface area contributed by atoms with Crippen molar-refractivity contribution in [2.75, 3.05) is 7.11 Å². The van der Waals surface area contributed by atoms with Crippen molar-refractivity contribution in [2.45, 2.75) is 13.2 Å². The van der Waals surface area contributed by atoms with E-state index in [1.54, 1.807) is 42.3 Å². The third-order valence-electron chi connectivity index (χ3n) is 2.26. The lowest BCUT2D eigenvalue weighted by Gasteiger charge is -2.10. The van der Waals surface area contributed by atoms with Gasteiger partial charge in [0.15, 0.2) is 11.5 Å². The summed E-state index contributed by atoms with van der Waals surface area (Å²) in [6, 6.07) is 5.37. The molecule has 0 aliphatic heterocycles. The van der Waals surface area contributed by atoms with Gasteiger partial charge in [-0.2, -0.15) is 0 Å². The molecule has 0 amide bonds. The van der Waals surface area contributed by atoms with Gasteiger partial charge in [-0.3, -0.25) is 4.98 Å². The Kier molecular flexibility index (Phi) is 3.95. The van der Waals surface area contributed by atoms with Gasteiger partial charge in [0.2, 0.25) is 0 Å². The second-order valence-electron chi connectivity index (χ2n) is 3.40. The first kappa shape index (κ1) is 11.9. The van der Waals surface area contributed by atoms with E-state index in [0.29, 0.717) is 18.1 Å². The Morgan fingerprint density at radius 2 is 2.24 bits per heavy atom. The summed E-state index contributed by atoms with van der Waals surface area (Å²) in [5, 5.41) is 9.03. The largest absolute Gasteiger partial charge is 0.493 e. The Morgan fingerprint density at radius 3 is 2.88 bits per heavy atom. The van der Waals surface area contributed by atoms with Crippen molar-refractivity contribution in [3.05, 3.63) is 40.3 Å². The van der Waals surface area contributed by atoms with E-state index in [9.17, 15) is 0 Å². The average Bonchev–Trinajstić information content (AvgIpc) is 2.89. The maximum absolute atomic E-state index is 9.03. The Bertz CT molecular complexity index is 471. The number of aliphatic hydroxyl groups excluding tert-OH is 1. The number of aromatic nitrogens is 1. The fourth-order valence-corrected chi connectivity index (χ4v) is 1.90. The highest BCUT2D eigenvalue weighted by atomic mass is 32.1. The molecule has 0 fully saturated rings. The fraction of sp³-hybridized carbons (Fsp3) is 0.250. The summed E-state index contributed by atoms with van der Waals surface area (Å²) in [5.74, 6) is 1.29. The average molecular weight is 251 g/mol. The van der Waals surface area contributed by atoms with Gasteiger partial charge in [-0.15, -0.1) is 11.3 Å². The molecule has 4 nitrogen and oxygen atoms in total. The van der Waals surface area contributed by atoms with E-state index in [1.807, 2.05) is 6.07 Å². The monoisotopic (exact) mass is 251 g/mol. The molecule has 0 aliphatic rings. The maximum Gasteiger partial charge on any atom is 0.161 e. The van der Waals surface area contributed by atoms with Crippen molar-refractivity contribution < 1.29 is 14.6 Å². The molecule has 0 radical (unpaired) electrons. The maximum atomic E-state index is 9.03. The van der Waals surface area contributed by atoms with Crippen LogP contribution in [-0.4, -0.2) is 17.2 Å². The van der Waals surface area contributed by atoms with Crippen LogP contribution in [0.1, 0.15) is 10.4 Å². The SMILES string of the molecule is COc1cc(CO)ccc1OCc1cncs1. The summed E-state index contributed by atoms with van der Waals surface area (Å²) in [7, 11) is 1.58. The van der Waals surface area contributed by atoms with Crippen LogP contribution in [0.25, 0.3) is 0 Å². The molecule has 1 aromatic heterocycles. The number of methoxy groups -OCH3 is 1. The Balaban J connectivity index is 2.09. The molecule has 0 aliphatic carbocycles. The summed E-state index contributed by atoms with van der Waals surface area (Å²) < 4.78 is 10.8. The zero-order valence-corrected chi connectivity index (χ0v) is 10.2. The van der Waals surface area contributed by atoms with Crippen molar-refractivity contribution in [2.24, 2.45) is 0 Å². The van der Waals surface area contributed by atoms with E-state index in [-0.39, 0.29) is 6.61 Å². The first-order valence-corrected chi connectivity index (χ1v) is 5.99. The molecule has 90 valence electrons. The molecule has 2 rings (SSSR count). The Morgan fingerprint density at radius 1 is 1.35 bits per heavy atom. The van der Waals surface area contributed by atoms with E-state index < -0.39 is 0 Å². The van der Waals surface area contributed by atoms with Crippen LogP contribution in [0.5, 0.6) is 11.5 Å². The van der Waals surface area contributed by atoms with Gasteiger partial charge in [0.05, 0.1) is 24.1 Å². The predicted molar refractivity (Wildman–Crippen MR) is 65.4 cm³/mol. The van der Waals surface area contributed by atoms with Crippen molar-refractivity contribution in [1.29, 1.82) is 0 Å². The van der Waals surface area contributed by atoms with Crippen LogP contribution in [0.2, 0.25) is 0 Å². The topological polar surface area (TPSA) is 51.6 Å². The van der Waals surface area contributed by atoms with Crippen LogP contribution in [-0.2, 0) is 13.2 Å². The molecule has 0 spiro atoms. The number of ether oxygens (including phenoxy) is 2. The third-order valence-corrected chi connectivity index (χ3v) is 3.02. The first-order chi connectivity index (χ1) is 8.33. The predicted octanol–water partition coefficient (Wildman–Crippen LogP) is 2.22. The molecule has 1 heterocycles. The summed E-state index contributed by atoms with van der Waals surface area (Å²) in [5.41, 5.74) is 2.57. The number of benzene rings is 1. The van der Waals surface area contributed by atoms with Crippen LogP contribution in [0.15, 0.2) is 29.9 Å². The molecule has 0 unspecified atom stereocenters. The lowest BCUT2D eigenvalue weighted by Crippen LogP contribution is -1.97. The van der Waals surface area contributed by atoms with E-state index in [4.69, 9.17) is 14.6 Å². The lowest BCUT2D eigenvalue weighted by molar-refractivity contribution is 0.275. The number of rotatable bonds is 5. The van der Waals surface area contributed by atoms with Gasteiger partial charge >= 0.3 is 0 Å². The van der Waals surface area contributed by atoms with Gasteiger partial charge in [-0.05, 0) is 17.7 Å². The van der Waals surface area contributed by atoms with Gasteiger partial charge in [-0.25, -0.2) is 0 Å². The summed E-state index contributed by atoms with van der Waals surface area (Å²) in [6.45, 7) is 0.463. The molecule has 0 atom stereocenters. The van der Waals surface area contributed by atoms with Crippen LogP contribution in [0.3, 0.4) is 0 Å². The van der Waals surface area contributed by atoms with Crippen molar-refractivity contribution in [1.82, 2.24) is 4.98 Å². The molecule has 17 heavy (non-hydrogen) atoms. The molecule has 5 heteroatoms. The van der Waals surface area contributed by atoms with Gasteiger partial charge in [0.25, 0.3) is 0 Å². The number of hydrogen-bond acceptors (Lipinski definition) is 5. The minimum atomic E-state index is -0.00845. The second-order valence-corrected chi connectivity index (χ2v) is 4.37. The molecule has 2 aromatic rings. The number of hydrogen-bond donors (Lipinski definition) is 1. The van der Waals surface area contributed by atoms with E-state index in [2.05, 4.69) is 4.98 Å². The standard InChI is InChI=1S/C12H13NO3S/c1-15-12-4-9(6-14)2-3-11(12)16-7-10-5-13-8-17-10/h2-5,8,14H,6-7H2,1H3. The quantitative estimate of drug-likeness (QED) is 0.885.